The number of nitrogens with two attached hydrogens (primary N) is 1. The van der Waals surface area contributed by atoms with Crippen LogP contribution in [0, 0.1) is 17.0 Å². The topological polar surface area (TPSA) is 94.1 Å². The van der Waals surface area contributed by atoms with Crippen molar-refractivity contribution in [3.63, 3.8) is 0 Å². The van der Waals surface area contributed by atoms with E-state index in [1.807, 2.05) is 24.3 Å². The van der Waals surface area contributed by atoms with Gasteiger partial charge in [0.2, 0.25) is 0 Å². The van der Waals surface area contributed by atoms with Gasteiger partial charge in [-0.05, 0) is 24.1 Å². The highest BCUT2D eigenvalue weighted by atomic mass is 16.6. The van der Waals surface area contributed by atoms with Gasteiger partial charge in [0.1, 0.15) is 12.0 Å². The highest BCUT2D eigenvalue weighted by molar-refractivity contribution is 5.47. The van der Waals surface area contributed by atoms with Gasteiger partial charge >= 0.3 is 0 Å². The first-order valence-corrected chi connectivity index (χ1v) is 6.23. The number of rotatable bonds is 5. The van der Waals surface area contributed by atoms with Crippen molar-refractivity contribution in [1.29, 1.82) is 0 Å². The highest BCUT2D eigenvalue weighted by Crippen LogP contribution is 2.19. The number of aromatic nitrogens is 1. The molecule has 0 bridgehead atoms. The van der Waals surface area contributed by atoms with Crippen LogP contribution in [0.4, 0.5) is 11.5 Å². The average Bonchev–Trinajstić information content (AvgIpc) is 2.45. The fourth-order valence-corrected chi connectivity index (χ4v) is 1.95. The predicted octanol–water partition coefficient (Wildman–Crippen LogP) is 2.37. The lowest BCUT2D eigenvalue weighted by molar-refractivity contribution is -0.385. The number of anilines is 1. The third-order valence-corrected chi connectivity index (χ3v) is 3.08. The Balaban J connectivity index is 2.11. The Morgan fingerprint density at radius 3 is 2.65 bits per heavy atom. The number of nitrogens with zero attached hydrogens (tertiary/aromatic N) is 2. The Morgan fingerprint density at radius 1 is 1.35 bits per heavy atom. The molecule has 0 fully saturated rings. The van der Waals surface area contributed by atoms with Gasteiger partial charge in [-0.1, -0.05) is 24.3 Å². The minimum Gasteiger partial charge on any atom is -0.366 e. The molecule has 6 heteroatoms. The van der Waals surface area contributed by atoms with E-state index in [2.05, 4.69) is 10.3 Å². The number of aryl methyl sites for hydroxylation is 1. The fourth-order valence-electron chi connectivity index (χ4n) is 1.95. The first-order valence-electron chi connectivity index (χ1n) is 6.23. The SMILES string of the molecule is Cc1cc(NCc2ccccc2CN)ncc1[N+](=O)[O-]. The van der Waals surface area contributed by atoms with Gasteiger partial charge in [-0.15, -0.1) is 0 Å². The zero-order chi connectivity index (χ0) is 14.5. The normalized spacial score (nSPS) is 10.3. The lowest BCUT2D eigenvalue weighted by Gasteiger charge is -2.10. The fraction of sp³-hybridized carbons (Fsp3) is 0.214. The zero-order valence-corrected chi connectivity index (χ0v) is 11.2. The third-order valence-electron chi connectivity index (χ3n) is 3.08. The summed E-state index contributed by atoms with van der Waals surface area (Å²) < 4.78 is 0. The van der Waals surface area contributed by atoms with E-state index < -0.39 is 4.92 Å². The summed E-state index contributed by atoms with van der Waals surface area (Å²) in [6.07, 6.45) is 1.27. The molecule has 0 atom stereocenters. The van der Waals surface area contributed by atoms with Crippen molar-refractivity contribution in [2.75, 3.05) is 5.32 Å². The molecule has 2 aromatic rings. The first kappa shape index (κ1) is 14.0. The lowest BCUT2D eigenvalue weighted by Crippen LogP contribution is -2.07. The molecule has 3 N–H and O–H groups in total. The molecular weight excluding hydrogens is 256 g/mol. The van der Waals surface area contributed by atoms with Crippen LogP contribution in [-0.2, 0) is 13.1 Å². The lowest BCUT2D eigenvalue weighted by atomic mass is 10.1. The second kappa shape index (κ2) is 6.12. The quantitative estimate of drug-likeness (QED) is 0.643. The minimum atomic E-state index is -0.435. The van der Waals surface area contributed by atoms with Gasteiger partial charge in [-0.2, -0.15) is 0 Å². The molecule has 1 heterocycles. The Morgan fingerprint density at radius 2 is 2.05 bits per heavy atom. The molecule has 1 aromatic carbocycles. The summed E-state index contributed by atoms with van der Waals surface area (Å²) in [4.78, 5) is 14.3. The molecule has 6 nitrogen and oxygen atoms in total. The molecule has 0 aliphatic heterocycles. The molecule has 0 radical (unpaired) electrons. The van der Waals surface area contributed by atoms with Crippen LogP contribution < -0.4 is 11.1 Å². The molecular formula is C14H16N4O2. The second-order valence-corrected chi connectivity index (χ2v) is 4.44. The number of hydrogen-bond donors (Lipinski definition) is 2. The largest absolute Gasteiger partial charge is 0.366 e. The molecule has 104 valence electrons. The van der Waals surface area contributed by atoms with E-state index in [0.717, 1.165) is 11.1 Å². The number of nitro groups is 1. The minimum absolute atomic E-state index is 0.0258. The number of pyridine rings is 1. The number of benzene rings is 1. The van der Waals surface area contributed by atoms with E-state index in [1.54, 1.807) is 13.0 Å². The molecule has 0 aliphatic rings. The van der Waals surface area contributed by atoms with E-state index in [4.69, 9.17) is 5.73 Å². The van der Waals surface area contributed by atoms with Crippen LogP contribution >= 0.6 is 0 Å². The van der Waals surface area contributed by atoms with E-state index in [1.165, 1.54) is 6.20 Å². The van der Waals surface area contributed by atoms with Crippen molar-refractivity contribution in [1.82, 2.24) is 4.98 Å². The van der Waals surface area contributed by atoms with Crippen LogP contribution in [0.15, 0.2) is 36.5 Å². The molecule has 0 saturated heterocycles. The maximum Gasteiger partial charge on any atom is 0.290 e. The van der Waals surface area contributed by atoms with Crippen molar-refractivity contribution in [3.8, 4) is 0 Å². The third kappa shape index (κ3) is 3.10. The van der Waals surface area contributed by atoms with Crippen LogP contribution in [0.25, 0.3) is 0 Å². The van der Waals surface area contributed by atoms with Gasteiger partial charge in [0.25, 0.3) is 5.69 Å². The summed E-state index contributed by atoms with van der Waals surface area (Å²) in [5.41, 5.74) is 8.45. The summed E-state index contributed by atoms with van der Waals surface area (Å²) in [5, 5.41) is 13.9. The predicted molar refractivity (Wildman–Crippen MR) is 77.3 cm³/mol. The van der Waals surface area contributed by atoms with Crippen molar-refractivity contribution in [2.45, 2.75) is 20.0 Å². The number of nitrogens with one attached hydrogen (secondary N) is 1. The molecule has 1 aromatic heterocycles. The Kier molecular flexibility index (Phi) is 4.27. The van der Waals surface area contributed by atoms with Crippen LogP contribution in [0.2, 0.25) is 0 Å². The van der Waals surface area contributed by atoms with Gasteiger partial charge in [0.15, 0.2) is 0 Å². The maximum absolute atomic E-state index is 10.7. The smallest absolute Gasteiger partial charge is 0.290 e. The molecule has 0 aliphatic carbocycles. The molecule has 0 amide bonds. The summed E-state index contributed by atoms with van der Waals surface area (Å²) in [6.45, 7) is 2.75. The first-order chi connectivity index (χ1) is 9.61. The average molecular weight is 272 g/mol. The van der Waals surface area contributed by atoms with Crippen LogP contribution in [0.5, 0.6) is 0 Å². The molecule has 2 rings (SSSR count). The number of hydrogen-bond acceptors (Lipinski definition) is 5. The van der Waals surface area contributed by atoms with Gasteiger partial charge < -0.3 is 11.1 Å². The van der Waals surface area contributed by atoms with Crippen LogP contribution in [-0.4, -0.2) is 9.91 Å². The van der Waals surface area contributed by atoms with E-state index in [9.17, 15) is 10.1 Å². The Hall–Kier alpha value is -2.47. The van der Waals surface area contributed by atoms with Crippen molar-refractivity contribution in [3.05, 3.63) is 63.3 Å². The van der Waals surface area contributed by atoms with E-state index >= 15 is 0 Å². The highest BCUT2D eigenvalue weighted by Gasteiger charge is 2.11. The molecule has 0 spiro atoms. The van der Waals surface area contributed by atoms with Crippen LogP contribution in [0.1, 0.15) is 16.7 Å². The monoisotopic (exact) mass is 272 g/mol. The van der Waals surface area contributed by atoms with Crippen molar-refractivity contribution in [2.24, 2.45) is 5.73 Å². The zero-order valence-electron chi connectivity index (χ0n) is 11.2. The van der Waals surface area contributed by atoms with E-state index in [0.29, 0.717) is 24.5 Å². The summed E-state index contributed by atoms with van der Waals surface area (Å²) >= 11 is 0. The second-order valence-electron chi connectivity index (χ2n) is 4.44. The molecule has 0 saturated carbocycles. The standard InChI is InChI=1S/C14H16N4O2/c1-10-6-14(17-9-13(10)18(19)20)16-8-12-5-3-2-4-11(12)7-15/h2-6,9H,7-8,15H2,1H3,(H,16,17). The van der Waals surface area contributed by atoms with Gasteiger partial charge in [-0.3, -0.25) is 10.1 Å². The van der Waals surface area contributed by atoms with E-state index in [-0.39, 0.29) is 5.69 Å². The van der Waals surface area contributed by atoms with Gasteiger partial charge in [-0.25, -0.2) is 4.98 Å². The Bertz CT molecular complexity index is 628. The summed E-state index contributed by atoms with van der Waals surface area (Å²) in [6, 6.07) is 9.53. The Labute approximate surface area is 116 Å². The van der Waals surface area contributed by atoms with Crippen LogP contribution in [0.3, 0.4) is 0 Å². The van der Waals surface area contributed by atoms with Crippen molar-refractivity contribution < 1.29 is 4.92 Å². The van der Waals surface area contributed by atoms with Crippen molar-refractivity contribution >= 4 is 11.5 Å². The maximum atomic E-state index is 10.7. The summed E-state index contributed by atoms with van der Waals surface area (Å²) in [7, 11) is 0. The molecule has 20 heavy (non-hydrogen) atoms. The molecule has 0 unspecified atom stereocenters. The van der Waals surface area contributed by atoms with Gasteiger partial charge in [0.05, 0.1) is 4.92 Å². The summed E-state index contributed by atoms with van der Waals surface area (Å²) in [5.74, 6) is 0.611. The van der Waals surface area contributed by atoms with Gasteiger partial charge in [0, 0.05) is 18.7 Å².